The summed E-state index contributed by atoms with van der Waals surface area (Å²) in [7, 11) is 0. The summed E-state index contributed by atoms with van der Waals surface area (Å²) in [6, 6.07) is 8.70. The predicted octanol–water partition coefficient (Wildman–Crippen LogP) is 2.15. The first-order valence-electron chi connectivity index (χ1n) is 8.71. The Labute approximate surface area is 152 Å². The van der Waals surface area contributed by atoms with E-state index in [9.17, 15) is 4.79 Å². The van der Waals surface area contributed by atoms with E-state index in [1.165, 1.54) is 0 Å². The summed E-state index contributed by atoms with van der Waals surface area (Å²) < 4.78 is 5.68. The van der Waals surface area contributed by atoms with Crippen LogP contribution in [0.15, 0.2) is 36.7 Å². The molecule has 0 spiro atoms. The molecular weight excluding hydrogens is 330 g/mol. The molecule has 1 amide bonds. The Morgan fingerprint density at radius 2 is 2.12 bits per heavy atom. The highest BCUT2D eigenvalue weighted by molar-refractivity contribution is 5.94. The van der Waals surface area contributed by atoms with Crippen LogP contribution < -0.4 is 15.0 Å². The number of hydrogen-bond donors (Lipinski definition) is 1. The number of rotatable bonds is 6. The number of ether oxygens (including phenoxy) is 1. The molecule has 2 aromatic rings. The van der Waals surface area contributed by atoms with Gasteiger partial charge in [0, 0.05) is 37.1 Å². The smallest absolute Gasteiger partial charge is 0.257 e. The Hall–Kier alpha value is -3.14. The minimum atomic E-state index is -0.136. The van der Waals surface area contributed by atoms with Gasteiger partial charge in [-0.15, -0.1) is 0 Å². The van der Waals surface area contributed by atoms with Crippen LogP contribution in [0.5, 0.6) is 5.88 Å². The molecule has 7 heteroatoms. The number of carbonyl (C=O) groups excluding carboxylic acids is 1. The molecule has 26 heavy (non-hydrogen) atoms. The maximum Gasteiger partial charge on any atom is 0.257 e. The number of aromatic nitrogens is 2. The zero-order valence-corrected chi connectivity index (χ0v) is 14.7. The van der Waals surface area contributed by atoms with Gasteiger partial charge >= 0.3 is 0 Å². The Balaban J connectivity index is 1.62. The third-order valence-electron chi connectivity index (χ3n) is 4.19. The molecule has 7 nitrogen and oxygen atoms in total. The number of nitrogens with one attached hydrogen (secondary N) is 1. The molecule has 0 saturated carbocycles. The van der Waals surface area contributed by atoms with Gasteiger partial charge < -0.3 is 15.0 Å². The first-order valence-corrected chi connectivity index (χ1v) is 8.71. The second kappa shape index (κ2) is 8.30. The molecule has 3 rings (SSSR count). The molecule has 1 atom stereocenters. The predicted molar refractivity (Wildman–Crippen MR) is 97.1 cm³/mol. The molecule has 2 heterocycles. The standard InChI is InChI=1S/C19H21N5O2/c1-2-11-26-19-17(21-8-9-22-19)24-10-7-16(13-24)23-18(25)15-5-3-14(12-20)4-6-15/h3-6,8-9,16H,2,7,10-11,13H2,1H3,(H,23,25)/t16-/m1/s1. The van der Waals surface area contributed by atoms with Gasteiger partial charge in [0.15, 0.2) is 5.82 Å². The molecule has 1 aliphatic rings. The lowest BCUT2D eigenvalue weighted by Crippen LogP contribution is -2.37. The van der Waals surface area contributed by atoms with E-state index in [4.69, 9.17) is 10.00 Å². The summed E-state index contributed by atoms with van der Waals surface area (Å²) in [6.07, 6.45) is 5.00. The van der Waals surface area contributed by atoms with Gasteiger partial charge in [-0.3, -0.25) is 4.79 Å². The van der Waals surface area contributed by atoms with Crippen molar-refractivity contribution in [1.29, 1.82) is 5.26 Å². The lowest BCUT2D eigenvalue weighted by atomic mass is 10.1. The van der Waals surface area contributed by atoms with Crippen molar-refractivity contribution < 1.29 is 9.53 Å². The second-order valence-corrected chi connectivity index (χ2v) is 6.13. The summed E-state index contributed by atoms with van der Waals surface area (Å²) in [5, 5.41) is 11.9. The summed E-state index contributed by atoms with van der Waals surface area (Å²) in [6.45, 7) is 4.07. The van der Waals surface area contributed by atoms with Crippen molar-refractivity contribution in [2.24, 2.45) is 0 Å². The SMILES string of the molecule is CCCOc1nccnc1N1CC[C@@H](NC(=O)c2ccc(C#N)cc2)C1. The molecular formula is C19H21N5O2. The van der Waals surface area contributed by atoms with Crippen LogP contribution in [0.3, 0.4) is 0 Å². The first-order chi connectivity index (χ1) is 12.7. The van der Waals surface area contributed by atoms with Gasteiger partial charge in [0.1, 0.15) is 0 Å². The lowest BCUT2D eigenvalue weighted by Gasteiger charge is -2.20. The highest BCUT2D eigenvalue weighted by atomic mass is 16.5. The Bertz CT molecular complexity index is 800. The van der Waals surface area contributed by atoms with Crippen LogP contribution in [0.1, 0.15) is 35.7 Å². The van der Waals surface area contributed by atoms with Crippen LogP contribution in [-0.2, 0) is 0 Å². The normalized spacial score (nSPS) is 16.2. The van der Waals surface area contributed by atoms with Gasteiger partial charge in [-0.05, 0) is 37.1 Å². The fourth-order valence-corrected chi connectivity index (χ4v) is 2.87. The zero-order valence-electron chi connectivity index (χ0n) is 14.7. The molecule has 1 aromatic heterocycles. The third kappa shape index (κ3) is 4.09. The van der Waals surface area contributed by atoms with Gasteiger partial charge in [0.05, 0.1) is 18.2 Å². The van der Waals surface area contributed by atoms with E-state index in [1.807, 2.05) is 13.0 Å². The molecule has 1 fully saturated rings. The van der Waals surface area contributed by atoms with Crippen LogP contribution in [-0.4, -0.2) is 41.6 Å². The quantitative estimate of drug-likeness (QED) is 0.857. The molecule has 0 unspecified atom stereocenters. The largest absolute Gasteiger partial charge is 0.475 e. The van der Waals surface area contributed by atoms with E-state index in [0.29, 0.717) is 30.2 Å². The second-order valence-electron chi connectivity index (χ2n) is 6.13. The maximum atomic E-state index is 12.4. The molecule has 1 aliphatic heterocycles. The molecule has 1 aromatic carbocycles. The van der Waals surface area contributed by atoms with Gasteiger partial charge in [0.2, 0.25) is 0 Å². The number of benzene rings is 1. The summed E-state index contributed by atoms with van der Waals surface area (Å²) >= 11 is 0. The number of nitriles is 1. The topological polar surface area (TPSA) is 91.1 Å². The number of nitrogens with zero attached hydrogens (tertiary/aromatic N) is 4. The highest BCUT2D eigenvalue weighted by Crippen LogP contribution is 2.26. The van der Waals surface area contributed by atoms with Crippen molar-refractivity contribution in [1.82, 2.24) is 15.3 Å². The monoisotopic (exact) mass is 351 g/mol. The van der Waals surface area contributed by atoms with Gasteiger partial charge in [-0.2, -0.15) is 5.26 Å². The third-order valence-corrected chi connectivity index (χ3v) is 4.19. The van der Waals surface area contributed by atoms with E-state index < -0.39 is 0 Å². The fraction of sp³-hybridized carbons (Fsp3) is 0.368. The van der Waals surface area contributed by atoms with E-state index in [0.717, 1.165) is 25.2 Å². The van der Waals surface area contributed by atoms with E-state index in [1.54, 1.807) is 36.7 Å². The zero-order chi connectivity index (χ0) is 18.4. The van der Waals surface area contributed by atoms with Gasteiger partial charge in [0.25, 0.3) is 11.8 Å². The lowest BCUT2D eigenvalue weighted by molar-refractivity contribution is 0.0940. The fourth-order valence-electron chi connectivity index (χ4n) is 2.87. The number of hydrogen-bond acceptors (Lipinski definition) is 6. The van der Waals surface area contributed by atoms with Crippen molar-refractivity contribution in [3.8, 4) is 11.9 Å². The summed E-state index contributed by atoms with van der Waals surface area (Å²) in [5.74, 6) is 1.12. The Morgan fingerprint density at radius 3 is 2.85 bits per heavy atom. The Kier molecular flexibility index (Phi) is 5.64. The molecule has 0 bridgehead atoms. The summed E-state index contributed by atoms with van der Waals surface area (Å²) in [5.41, 5.74) is 1.09. The van der Waals surface area contributed by atoms with Crippen molar-refractivity contribution in [2.75, 3.05) is 24.6 Å². The van der Waals surface area contributed by atoms with Crippen molar-refractivity contribution in [2.45, 2.75) is 25.8 Å². The average Bonchev–Trinajstić information content (AvgIpc) is 3.15. The molecule has 1 N–H and O–H groups in total. The van der Waals surface area contributed by atoms with Crippen molar-refractivity contribution in [3.05, 3.63) is 47.8 Å². The van der Waals surface area contributed by atoms with Crippen LogP contribution >= 0.6 is 0 Å². The Morgan fingerprint density at radius 1 is 1.35 bits per heavy atom. The van der Waals surface area contributed by atoms with Crippen LogP contribution in [0.2, 0.25) is 0 Å². The maximum absolute atomic E-state index is 12.4. The van der Waals surface area contributed by atoms with Crippen LogP contribution in [0, 0.1) is 11.3 Å². The van der Waals surface area contributed by atoms with Crippen molar-refractivity contribution in [3.63, 3.8) is 0 Å². The van der Waals surface area contributed by atoms with Crippen LogP contribution in [0.4, 0.5) is 5.82 Å². The van der Waals surface area contributed by atoms with Gasteiger partial charge in [-0.25, -0.2) is 9.97 Å². The highest BCUT2D eigenvalue weighted by Gasteiger charge is 2.27. The van der Waals surface area contributed by atoms with E-state index in [-0.39, 0.29) is 11.9 Å². The molecule has 0 aliphatic carbocycles. The van der Waals surface area contributed by atoms with E-state index in [2.05, 4.69) is 20.2 Å². The minimum Gasteiger partial charge on any atom is -0.475 e. The number of amides is 1. The van der Waals surface area contributed by atoms with E-state index >= 15 is 0 Å². The number of carbonyl (C=O) groups is 1. The molecule has 1 saturated heterocycles. The van der Waals surface area contributed by atoms with Crippen LogP contribution in [0.25, 0.3) is 0 Å². The van der Waals surface area contributed by atoms with Crippen molar-refractivity contribution >= 4 is 11.7 Å². The molecule has 0 radical (unpaired) electrons. The first kappa shape index (κ1) is 17.7. The minimum absolute atomic E-state index is 0.0270. The summed E-state index contributed by atoms with van der Waals surface area (Å²) in [4.78, 5) is 23.1. The molecule has 134 valence electrons. The number of anilines is 1. The van der Waals surface area contributed by atoms with Gasteiger partial charge in [-0.1, -0.05) is 6.92 Å². The average molecular weight is 351 g/mol.